The molecule has 0 saturated carbocycles. The first kappa shape index (κ1) is 13.8. The Kier molecular flexibility index (Phi) is 5.03. The largest absolute Gasteiger partial charge is 0.352 e. The van der Waals surface area contributed by atoms with E-state index in [-0.39, 0.29) is 5.91 Å². The normalized spacial score (nSPS) is 18.9. The third-order valence-electron chi connectivity index (χ3n) is 3.13. The molecule has 2 N–H and O–H groups in total. The molecule has 1 aromatic carbocycles. The number of hydrogen-bond donors (Lipinski definition) is 2. The van der Waals surface area contributed by atoms with Crippen LogP contribution in [0.1, 0.15) is 23.2 Å². The second-order valence-electron chi connectivity index (χ2n) is 4.56. The molecule has 3 nitrogen and oxygen atoms in total. The molecule has 18 heavy (non-hydrogen) atoms. The zero-order valence-corrected chi connectivity index (χ0v) is 12.4. The van der Waals surface area contributed by atoms with Crippen molar-refractivity contribution in [2.75, 3.05) is 19.6 Å². The van der Waals surface area contributed by atoms with Gasteiger partial charge in [0.05, 0.1) is 0 Å². The Morgan fingerprint density at radius 2 is 2.33 bits per heavy atom. The molecule has 1 heterocycles. The average molecular weight is 332 g/mol. The van der Waals surface area contributed by atoms with Crippen molar-refractivity contribution in [2.45, 2.75) is 12.8 Å². The number of carbonyl (C=O) groups is 1. The maximum absolute atomic E-state index is 11.9. The minimum atomic E-state index is -0.0656. The first-order valence-electron chi connectivity index (χ1n) is 6.10. The fourth-order valence-electron chi connectivity index (χ4n) is 2.14. The Labute approximate surface area is 120 Å². The van der Waals surface area contributed by atoms with Crippen LogP contribution in [0.5, 0.6) is 0 Å². The van der Waals surface area contributed by atoms with Crippen LogP contribution in [0.25, 0.3) is 0 Å². The summed E-state index contributed by atoms with van der Waals surface area (Å²) < 4.78 is 0.820. The van der Waals surface area contributed by atoms with Crippen molar-refractivity contribution >= 4 is 33.4 Å². The Morgan fingerprint density at radius 1 is 1.50 bits per heavy atom. The number of halogens is 2. The van der Waals surface area contributed by atoms with Crippen LogP contribution < -0.4 is 10.6 Å². The molecule has 1 amide bonds. The predicted octanol–water partition coefficient (Wildman–Crippen LogP) is 2.83. The molecule has 1 saturated heterocycles. The summed E-state index contributed by atoms with van der Waals surface area (Å²) in [6, 6.07) is 5.22. The van der Waals surface area contributed by atoms with Crippen LogP contribution in [-0.4, -0.2) is 25.5 Å². The maximum Gasteiger partial charge on any atom is 0.251 e. The van der Waals surface area contributed by atoms with Crippen molar-refractivity contribution in [1.29, 1.82) is 0 Å². The van der Waals surface area contributed by atoms with Crippen molar-refractivity contribution in [2.24, 2.45) is 5.92 Å². The molecule has 2 rings (SSSR count). The topological polar surface area (TPSA) is 41.1 Å². The van der Waals surface area contributed by atoms with Crippen molar-refractivity contribution in [1.82, 2.24) is 10.6 Å². The lowest BCUT2D eigenvalue weighted by Gasteiger charge is -2.09. The molecule has 0 aliphatic carbocycles. The monoisotopic (exact) mass is 330 g/mol. The zero-order chi connectivity index (χ0) is 13.0. The van der Waals surface area contributed by atoms with Gasteiger partial charge in [0.25, 0.3) is 5.91 Å². The Hall–Kier alpha value is -0.580. The fourth-order valence-corrected chi connectivity index (χ4v) is 3.00. The lowest BCUT2D eigenvalue weighted by molar-refractivity contribution is 0.0951. The van der Waals surface area contributed by atoms with Gasteiger partial charge in [-0.2, -0.15) is 0 Å². The molecule has 0 spiro atoms. The average Bonchev–Trinajstić information content (AvgIpc) is 2.80. The van der Waals surface area contributed by atoms with Gasteiger partial charge in [-0.05, 0) is 50.0 Å². The van der Waals surface area contributed by atoms with Gasteiger partial charge in [-0.15, -0.1) is 0 Å². The second kappa shape index (κ2) is 6.55. The van der Waals surface area contributed by atoms with E-state index in [9.17, 15) is 4.79 Å². The summed E-state index contributed by atoms with van der Waals surface area (Å²) in [6.07, 6.45) is 2.24. The van der Waals surface area contributed by atoms with Crippen LogP contribution in [0.2, 0.25) is 5.02 Å². The van der Waals surface area contributed by atoms with Crippen LogP contribution in [0.3, 0.4) is 0 Å². The molecule has 0 aromatic heterocycles. The van der Waals surface area contributed by atoms with E-state index < -0.39 is 0 Å². The van der Waals surface area contributed by atoms with Crippen molar-refractivity contribution in [3.8, 4) is 0 Å². The molecular formula is C13H16BrClN2O. The number of hydrogen-bond acceptors (Lipinski definition) is 2. The first-order chi connectivity index (χ1) is 8.65. The lowest BCUT2D eigenvalue weighted by atomic mass is 10.1. The van der Waals surface area contributed by atoms with E-state index in [1.54, 1.807) is 18.2 Å². The number of amides is 1. The van der Waals surface area contributed by atoms with Gasteiger partial charge in [-0.1, -0.05) is 27.5 Å². The molecule has 1 fully saturated rings. The van der Waals surface area contributed by atoms with E-state index in [4.69, 9.17) is 11.6 Å². The van der Waals surface area contributed by atoms with Gasteiger partial charge in [0.2, 0.25) is 0 Å². The lowest BCUT2D eigenvalue weighted by Crippen LogP contribution is -2.26. The quantitative estimate of drug-likeness (QED) is 0.891. The van der Waals surface area contributed by atoms with Crippen LogP contribution in [0.4, 0.5) is 0 Å². The SMILES string of the molecule is O=C(NCCC1CCNC1)c1cc(Cl)cc(Br)c1. The Morgan fingerprint density at radius 3 is 3.00 bits per heavy atom. The van der Waals surface area contributed by atoms with Crippen LogP contribution in [-0.2, 0) is 0 Å². The highest BCUT2D eigenvalue weighted by Crippen LogP contribution is 2.19. The van der Waals surface area contributed by atoms with Crippen molar-refractivity contribution in [3.63, 3.8) is 0 Å². The smallest absolute Gasteiger partial charge is 0.251 e. The summed E-state index contributed by atoms with van der Waals surface area (Å²) in [6.45, 7) is 2.88. The predicted molar refractivity (Wildman–Crippen MR) is 77.1 cm³/mol. The summed E-state index contributed by atoms with van der Waals surface area (Å²) in [5.41, 5.74) is 0.596. The van der Waals surface area contributed by atoms with E-state index in [0.29, 0.717) is 16.5 Å². The summed E-state index contributed by atoms with van der Waals surface area (Å²) in [7, 11) is 0. The standard InChI is InChI=1S/C13H16BrClN2O/c14-11-5-10(6-12(15)7-11)13(18)17-4-2-9-1-3-16-8-9/h5-7,9,16H,1-4,8H2,(H,17,18). The van der Waals surface area contributed by atoms with Crippen molar-refractivity contribution in [3.05, 3.63) is 33.3 Å². The van der Waals surface area contributed by atoms with E-state index in [2.05, 4.69) is 26.6 Å². The summed E-state index contributed by atoms with van der Waals surface area (Å²) in [5.74, 6) is 0.626. The molecule has 1 atom stereocenters. The highest BCUT2D eigenvalue weighted by Gasteiger charge is 2.14. The molecular weight excluding hydrogens is 316 g/mol. The van der Waals surface area contributed by atoms with E-state index >= 15 is 0 Å². The highest BCUT2D eigenvalue weighted by molar-refractivity contribution is 9.10. The first-order valence-corrected chi connectivity index (χ1v) is 7.27. The van der Waals surface area contributed by atoms with Gasteiger partial charge >= 0.3 is 0 Å². The molecule has 1 aromatic rings. The number of carbonyl (C=O) groups excluding carboxylic acids is 1. The molecule has 1 aliphatic heterocycles. The van der Waals surface area contributed by atoms with Gasteiger partial charge in [-0.3, -0.25) is 4.79 Å². The Balaban J connectivity index is 1.83. The van der Waals surface area contributed by atoms with E-state index in [0.717, 1.165) is 30.5 Å². The van der Waals surface area contributed by atoms with E-state index in [1.807, 2.05) is 0 Å². The van der Waals surface area contributed by atoms with Crippen molar-refractivity contribution < 1.29 is 4.79 Å². The second-order valence-corrected chi connectivity index (χ2v) is 5.91. The van der Waals surface area contributed by atoms with Gasteiger partial charge < -0.3 is 10.6 Å². The molecule has 1 aliphatic rings. The summed E-state index contributed by atoms with van der Waals surface area (Å²) >= 11 is 9.24. The van der Waals surface area contributed by atoms with Gasteiger partial charge in [0.15, 0.2) is 0 Å². The third kappa shape index (κ3) is 3.97. The van der Waals surface area contributed by atoms with Gasteiger partial charge in [-0.25, -0.2) is 0 Å². The van der Waals surface area contributed by atoms with Crippen LogP contribution >= 0.6 is 27.5 Å². The number of nitrogens with one attached hydrogen (secondary N) is 2. The molecule has 1 unspecified atom stereocenters. The third-order valence-corrected chi connectivity index (χ3v) is 3.80. The molecule has 98 valence electrons. The molecule has 5 heteroatoms. The molecule has 0 bridgehead atoms. The summed E-state index contributed by atoms with van der Waals surface area (Å²) in [4.78, 5) is 11.9. The van der Waals surface area contributed by atoms with Gasteiger partial charge in [0, 0.05) is 21.6 Å². The highest BCUT2D eigenvalue weighted by atomic mass is 79.9. The molecule has 0 radical (unpaired) electrons. The van der Waals surface area contributed by atoms with E-state index in [1.165, 1.54) is 6.42 Å². The number of benzene rings is 1. The fraction of sp³-hybridized carbons (Fsp3) is 0.462. The van der Waals surface area contributed by atoms with Gasteiger partial charge in [0.1, 0.15) is 0 Å². The Bertz CT molecular complexity index is 413. The zero-order valence-electron chi connectivity index (χ0n) is 10.0. The summed E-state index contributed by atoms with van der Waals surface area (Å²) in [5, 5.41) is 6.82. The minimum absolute atomic E-state index is 0.0656. The van der Waals surface area contributed by atoms with Crippen LogP contribution in [0, 0.1) is 5.92 Å². The number of rotatable bonds is 4. The van der Waals surface area contributed by atoms with Crippen LogP contribution in [0.15, 0.2) is 22.7 Å². The maximum atomic E-state index is 11.9. The minimum Gasteiger partial charge on any atom is -0.352 e.